The van der Waals surface area contributed by atoms with Crippen molar-refractivity contribution in [3.05, 3.63) is 60.2 Å². The lowest BCUT2D eigenvalue weighted by atomic mass is 10.2. The maximum Gasteiger partial charge on any atom is 0.261 e. The quantitative estimate of drug-likeness (QED) is 0.509. The van der Waals surface area contributed by atoms with E-state index in [4.69, 9.17) is 5.21 Å². The lowest BCUT2D eigenvalue weighted by molar-refractivity contribution is 0.322. The predicted octanol–water partition coefficient (Wildman–Crippen LogP) is 2.10. The molecule has 0 aliphatic carbocycles. The Labute approximate surface area is 111 Å². The highest BCUT2D eigenvalue weighted by Crippen LogP contribution is 2.18. The summed E-state index contributed by atoms with van der Waals surface area (Å²) in [5.41, 5.74) is 0.809. The first-order chi connectivity index (χ1) is 9.13. The van der Waals surface area contributed by atoms with Crippen LogP contribution in [0.5, 0.6) is 0 Å². The van der Waals surface area contributed by atoms with E-state index in [-0.39, 0.29) is 4.90 Å². The van der Waals surface area contributed by atoms with E-state index in [1.54, 1.807) is 24.3 Å². The van der Waals surface area contributed by atoms with Crippen molar-refractivity contribution in [1.29, 1.82) is 0 Å². The molecule has 0 fully saturated rings. The van der Waals surface area contributed by atoms with E-state index in [2.05, 4.69) is 15.9 Å². The van der Waals surface area contributed by atoms with E-state index in [1.165, 1.54) is 24.3 Å². The molecule has 0 unspecified atom stereocenters. The van der Waals surface area contributed by atoms with Gasteiger partial charge in [-0.1, -0.05) is 35.5 Å². The first-order valence-electron chi connectivity index (χ1n) is 5.39. The molecule has 6 heteroatoms. The molecule has 2 rings (SSSR count). The molecular weight excluding hydrogens is 264 g/mol. The highest BCUT2D eigenvalue weighted by atomic mass is 32.2. The summed E-state index contributed by atoms with van der Waals surface area (Å²) in [6, 6.07) is 15.3. The summed E-state index contributed by atoms with van der Waals surface area (Å²) in [5, 5.41) is 11.5. The summed E-state index contributed by atoms with van der Waals surface area (Å²) < 4.78 is 26.7. The number of hydrogen-bond acceptors (Lipinski definition) is 4. The first-order valence-corrected chi connectivity index (χ1v) is 6.87. The number of nitrogens with one attached hydrogen (secondary N) is 1. The molecule has 2 aromatic rings. The summed E-state index contributed by atoms with van der Waals surface area (Å²) in [4.78, 5) is 0.141. The predicted molar refractivity (Wildman–Crippen MR) is 71.9 cm³/mol. The molecule has 0 aliphatic heterocycles. The van der Waals surface area contributed by atoms with Crippen molar-refractivity contribution in [2.45, 2.75) is 4.90 Å². The van der Waals surface area contributed by atoms with Gasteiger partial charge in [-0.05, 0) is 24.3 Å². The fraction of sp³-hybridized carbons (Fsp3) is 0. The fourth-order valence-electron chi connectivity index (χ4n) is 1.52. The molecule has 0 amide bonds. The SMILES string of the molecule is O=S(=O)(Nc1ccccc1/C=N/O)c1cc[c]cc1. The van der Waals surface area contributed by atoms with Crippen molar-refractivity contribution in [3.63, 3.8) is 0 Å². The van der Waals surface area contributed by atoms with Crippen LogP contribution in [-0.4, -0.2) is 19.8 Å². The van der Waals surface area contributed by atoms with E-state index in [0.29, 0.717) is 11.3 Å². The van der Waals surface area contributed by atoms with Crippen LogP contribution in [0, 0.1) is 6.07 Å². The van der Waals surface area contributed by atoms with E-state index >= 15 is 0 Å². The number of sulfonamides is 1. The second-order valence-corrected chi connectivity index (χ2v) is 5.36. The number of para-hydroxylation sites is 1. The van der Waals surface area contributed by atoms with Crippen molar-refractivity contribution in [2.75, 3.05) is 4.72 Å². The average molecular weight is 275 g/mol. The van der Waals surface area contributed by atoms with Gasteiger partial charge >= 0.3 is 0 Å². The largest absolute Gasteiger partial charge is 0.411 e. The second-order valence-electron chi connectivity index (χ2n) is 3.67. The molecule has 19 heavy (non-hydrogen) atoms. The number of hydrogen-bond donors (Lipinski definition) is 2. The van der Waals surface area contributed by atoms with E-state index < -0.39 is 10.0 Å². The van der Waals surface area contributed by atoms with Gasteiger partial charge in [0, 0.05) is 5.56 Å². The second kappa shape index (κ2) is 5.53. The van der Waals surface area contributed by atoms with Crippen molar-refractivity contribution < 1.29 is 13.6 Å². The third-order valence-corrected chi connectivity index (χ3v) is 3.78. The molecule has 0 saturated carbocycles. The van der Waals surface area contributed by atoms with Crippen LogP contribution in [0.25, 0.3) is 0 Å². The number of nitrogens with zero attached hydrogens (tertiary/aromatic N) is 1. The third-order valence-electron chi connectivity index (χ3n) is 2.40. The minimum absolute atomic E-state index is 0.141. The topological polar surface area (TPSA) is 78.8 Å². The van der Waals surface area contributed by atoms with Gasteiger partial charge in [-0.25, -0.2) is 8.42 Å². The highest BCUT2D eigenvalue weighted by molar-refractivity contribution is 7.92. The van der Waals surface area contributed by atoms with E-state index in [9.17, 15) is 8.42 Å². The lowest BCUT2D eigenvalue weighted by Gasteiger charge is -2.09. The summed E-state index contributed by atoms with van der Waals surface area (Å²) in [7, 11) is -3.67. The zero-order chi connectivity index (χ0) is 13.7. The molecule has 0 saturated heterocycles. The number of anilines is 1. The van der Waals surface area contributed by atoms with Crippen molar-refractivity contribution in [3.8, 4) is 0 Å². The van der Waals surface area contributed by atoms with E-state index in [0.717, 1.165) is 6.21 Å². The zero-order valence-electron chi connectivity index (χ0n) is 9.82. The Morgan fingerprint density at radius 2 is 1.84 bits per heavy atom. The van der Waals surface area contributed by atoms with Gasteiger partial charge < -0.3 is 5.21 Å². The van der Waals surface area contributed by atoms with Crippen molar-refractivity contribution in [2.24, 2.45) is 5.16 Å². The molecule has 0 atom stereocenters. The van der Waals surface area contributed by atoms with Gasteiger partial charge in [0.05, 0.1) is 16.8 Å². The van der Waals surface area contributed by atoms with Crippen LogP contribution in [0.3, 0.4) is 0 Å². The molecular formula is C13H11N2O3S. The molecule has 2 N–H and O–H groups in total. The first kappa shape index (κ1) is 13.1. The van der Waals surface area contributed by atoms with E-state index in [1.807, 2.05) is 0 Å². The molecule has 97 valence electrons. The summed E-state index contributed by atoms with van der Waals surface area (Å²) in [6.45, 7) is 0. The Morgan fingerprint density at radius 1 is 1.16 bits per heavy atom. The highest BCUT2D eigenvalue weighted by Gasteiger charge is 2.14. The van der Waals surface area contributed by atoms with Crippen molar-refractivity contribution in [1.82, 2.24) is 0 Å². The van der Waals surface area contributed by atoms with Gasteiger partial charge in [0.15, 0.2) is 0 Å². The van der Waals surface area contributed by atoms with Gasteiger partial charge in [0.2, 0.25) is 0 Å². The van der Waals surface area contributed by atoms with Crippen LogP contribution in [0.2, 0.25) is 0 Å². The maximum atomic E-state index is 12.1. The van der Waals surface area contributed by atoms with Gasteiger partial charge in [0.1, 0.15) is 0 Å². The zero-order valence-corrected chi connectivity index (χ0v) is 10.6. The van der Waals surface area contributed by atoms with Crippen LogP contribution in [0.1, 0.15) is 5.56 Å². The molecule has 0 bridgehead atoms. The Morgan fingerprint density at radius 3 is 2.53 bits per heavy atom. The minimum Gasteiger partial charge on any atom is -0.411 e. The van der Waals surface area contributed by atoms with Crippen LogP contribution in [0.15, 0.2) is 58.6 Å². The molecule has 0 aromatic heterocycles. The molecule has 0 spiro atoms. The molecule has 0 heterocycles. The monoisotopic (exact) mass is 275 g/mol. The Bertz CT molecular complexity index is 682. The summed E-state index contributed by atoms with van der Waals surface area (Å²) in [6.07, 6.45) is 1.16. The Balaban J connectivity index is 2.36. The maximum absolute atomic E-state index is 12.1. The van der Waals surface area contributed by atoms with Crippen LogP contribution in [-0.2, 0) is 10.0 Å². The summed E-state index contributed by atoms with van der Waals surface area (Å²) in [5.74, 6) is 0. The molecule has 1 radical (unpaired) electrons. The number of rotatable bonds is 4. The number of benzene rings is 2. The van der Waals surface area contributed by atoms with Gasteiger partial charge in [0.25, 0.3) is 10.0 Å². The molecule has 0 aliphatic rings. The fourth-order valence-corrected chi connectivity index (χ4v) is 2.61. The minimum atomic E-state index is -3.67. The van der Waals surface area contributed by atoms with Crippen LogP contribution >= 0.6 is 0 Å². The smallest absolute Gasteiger partial charge is 0.261 e. The van der Waals surface area contributed by atoms with Crippen LogP contribution in [0.4, 0.5) is 5.69 Å². The number of oxime groups is 1. The Kier molecular flexibility index (Phi) is 3.82. The summed E-state index contributed by atoms with van der Waals surface area (Å²) >= 11 is 0. The van der Waals surface area contributed by atoms with Gasteiger partial charge in [-0.2, -0.15) is 0 Å². The molecule has 5 nitrogen and oxygen atoms in total. The van der Waals surface area contributed by atoms with Crippen molar-refractivity contribution >= 4 is 21.9 Å². The van der Waals surface area contributed by atoms with Gasteiger partial charge in [-0.3, -0.25) is 4.72 Å². The van der Waals surface area contributed by atoms with Gasteiger partial charge in [-0.15, -0.1) is 0 Å². The lowest BCUT2D eigenvalue weighted by Crippen LogP contribution is -2.14. The standard InChI is InChI=1S/C13H11N2O3S/c16-14-10-11-6-4-5-9-13(11)15-19(17,18)12-7-2-1-3-8-12/h2-10,15-16H/b14-10+. The normalized spacial score (nSPS) is 11.6. The third kappa shape index (κ3) is 3.11. The Hall–Kier alpha value is -2.34. The van der Waals surface area contributed by atoms with Crippen LogP contribution < -0.4 is 4.72 Å². The molecule has 2 aromatic carbocycles. The average Bonchev–Trinajstić information content (AvgIpc) is 2.42.